The Hall–Kier alpha value is -2.17. The zero-order chi connectivity index (χ0) is 22.5. The van der Waals surface area contributed by atoms with Gasteiger partial charge in [0.1, 0.15) is 5.00 Å². The topological polar surface area (TPSA) is 86.1 Å². The molecule has 1 N–H and O–H groups in total. The minimum atomic E-state index is -0.379. The van der Waals surface area contributed by atoms with Gasteiger partial charge in [-0.2, -0.15) is 0 Å². The smallest absolute Gasteiger partial charge is 0.341 e. The molecular weight excluding hydrogens is 464 g/mol. The molecule has 3 aromatic rings. The van der Waals surface area contributed by atoms with E-state index >= 15 is 0 Å². The standard InChI is InChI=1S/C22H26N4O3S3/c1-3-11-26-19(16-10-7-12-30-16)24-25-22(26)31-13-17(27)23-20-18(21(28)29-2)14-8-5-4-6-9-15(14)32-20/h7,10,12H,3-6,8-9,11,13H2,1-2H3,(H,23,27). The SMILES string of the molecule is CCCn1c(SCC(=O)Nc2sc3c(c2C(=O)OC)CCCCC3)nnc1-c1cccs1. The van der Waals surface area contributed by atoms with E-state index in [1.54, 1.807) is 11.3 Å². The van der Waals surface area contributed by atoms with Crippen LogP contribution in [0.3, 0.4) is 0 Å². The van der Waals surface area contributed by atoms with E-state index in [1.165, 1.54) is 35.1 Å². The van der Waals surface area contributed by atoms with E-state index in [2.05, 4.69) is 27.0 Å². The minimum Gasteiger partial charge on any atom is -0.465 e. The molecule has 0 spiro atoms. The van der Waals surface area contributed by atoms with Gasteiger partial charge in [-0.25, -0.2) is 4.79 Å². The summed E-state index contributed by atoms with van der Waals surface area (Å²) in [5.74, 6) is 0.478. The number of anilines is 1. The molecule has 0 atom stereocenters. The van der Waals surface area contributed by atoms with Crippen LogP contribution in [0.4, 0.5) is 5.00 Å². The molecule has 0 saturated carbocycles. The maximum absolute atomic E-state index is 12.8. The normalized spacial score (nSPS) is 13.4. The van der Waals surface area contributed by atoms with Crippen molar-refractivity contribution in [3.63, 3.8) is 0 Å². The quantitative estimate of drug-likeness (QED) is 0.263. The summed E-state index contributed by atoms with van der Waals surface area (Å²) < 4.78 is 7.09. The van der Waals surface area contributed by atoms with Gasteiger partial charge in [0, 0.05) is 11.4 Å². The molecule has 3 heterocycles. The lowest BCUT2D eigenvalue weighted by Crippen LogP contribution is -2.16. The summed E-state index contributed by atoms with van der Waals surface area (Å²) in [7, 11) is 1.39. The van der Waals surface area contributed by atoms with Crippen molar-refractivity contribution in [3.8, 4) is 10.7 Å². The number of methoxy groups -OCH3 is 1. The van der Waals surface area contributed by atoms with Crippen molar-refractivity contribution in [1.29, 1.82) is 0 Å². The van der Waals surface area contributed by atoms with Gasteiger partial charge in [0.25, 0.3) is 0 Å². The third-order valence-electron chi connectivity index (χ3n) is 5.30. The number of hydrogen-bond acceptors (Lipinski definition) is 8. The fourth-order valence-corrected chi connectivity index (χ4v) is 6.63. The van der Waals surface area contributed by atoms with Crippen molar-refractivity contribution in [3.05, 3.63) is 33.5 Å². The maximum Gasteiger partial charge on any atom is 0.341 e. The van der Waals surface area contributed by atoms with Gasteiger partial charge in [-0.1, -0.05) is 31.2 Å². The van der Waals surface area contributed by atoms with E-state index in [1.807, 2.05) is 17.5 Å². The first kappa shape index (κ1) is 23.0. The van der Waals surface area contributed by atoms with E-state index in [0.29, 0.717) is 10.6 Å². The Labute approximate surface area is 199 Å². The van der Waals surface area contributed by atoms with Crippen molar-refractivity contribution in [2.24, 2.45) is 0 Å². The zero-order valence-corrected chi connectivity index (χ0v) is 20.6. The first-order chi connectivity index (χ1) is 15.6. The second-order valence-electron chi connectivity index (χ2n) is 7.53. The fourth-order valence-electron chi connectivity index (χ4n) is 3.85. The predicted molar refractivity (Wildman–Crippen MR) is 130 cm³/mol. The van der Waals surface area contributed by atoms with Gasteiger partial charge < -0.3 is 14.6 Å². The van der Waals surface area contributed by atoms with Crippen molar-refractivity contribution >= 4 is 51.3 Å². The van der Waals surface area contributed by atoms with Crippen molar-refractivity contribution in [2.45, 2.75) is 57.1 Å². The van der Waals surface area contributed by atoms with Crippen LogP contribution < -0.4 is 5.32 Å². The molecule has 1 aliphatic rings. The molecule has 32 heavy (non-hydrogen) atoms. The van der Waals surface area contributed by atoms with Crippen LogP contribution in [0, 0.1) is 0 Å². The number of carbonyl (C=O) groups is 2. The molecule has 170 valence electrons. The summed E-state index contributed by atoms with van der Waals surface area (Å²) in [4.78, 5) is 27.5. The number of ether oxygens (including phenoxy) is 1. The summed E-state index contributed by atoms with van der Waals surface area (Å²) in [5.41, 5.74) is 1.58. The number of rotatable bonds is 8. The van der Waals surface area contributed by atoms with Gasteiger partial charge in [-0.15, -0.1) is 32.9 Å². The molecule has 7 nitrogen and oxygen atoms in total. The largest absolute Gasteiger partial charge is 0.465 e. The van der Waals surface area contributed by atoms with Crippen LogP contribution in [-0.2, 0) is 28.9 Å². The van der Waals surface area contributed by atoms with Crippen molar-refractivity contribution in [1.82, 2.24) is 14.8 Å². The van der Waals surface area contributed by atoms with Gasteiger partial charge in [-0.3, -0.25) is 4.79 Å². The van der Waals surface area contributed by atoms with Crippen molar-refractivity contribution in [2.75, 3.05) is 18.2 Å². The number of hydrogen-bond donors (Lipinski definition) is 1. The highest BCUT2D eigenvalue weighted by Gasteiger charge is 2.26. The predicted octanol–water partition coefficient (Wildman–Crippen LogP) is 5.26. The Morgan fingerprint density at radius 3 is 2.84 bits per heavy atom. The number of aryl methyl sites for hydroxylation is 1. The highest BCUT2D eigenvalue weighted by Crippen LogP contribution is 2.38. The number of esters is 1. The lowest BCUT2D eigenvalue weighted by atomic mass is 10.1. The van der Waals surface area contributed by atoms with E-state index in [-0.39, 0.29) is 17.6 Å². The molecular formula is C22H26N4O3S3. The number of nitrogens with zero attached hydrogens (tertiary/aromatic N) is 3. The molecule has 1 amide bonds. The van der Waals surface area contributed by atoms with Crippen LogP contribution in [0.15, 0.2) is 22.7 Å². The summed E-state index contributed by atoms with van der Waals surface area (Å²) >= 11 is 4.49. The zero-order valence-electron chi connectivity index (χ0n) is 18.2. The molecule has 4 rings (SSSR count). The Kier molecular flexibility index (Phi) is 7.64. The van der Waals surface area contributed by atoms with Gasteiger partial charge in [-0.05, 0) is 49.1 Å². The second-order valence-corrected chi connectivity index (χ2v) is 10.5. The number of thiophene rings is 2. The molecule has 0 fully saturated rings. The first-order valence-electron chi connectivity index (χ1n) is 10.7. The first-order valence-corrected chi connectivity index (χ1v) is 13.4. The Bertz CT molecular complexity index is 1090. The summed E-state index contributed by atoms with van der Waals surface area (Å²) in [6.07, 6.45) is 6.06. The van der Waals surface area contributed by atoms with Gasteiger partial charge >= 0.3 is 5.97 Å². The van der Waals surface area contributed by atoms with E-state index in [9.17, 15) is 9.59 Å². The number of thioether (sulfide) groups is 1. The average Bonchev–Trinajstić information content (AvgIpc) is 3.48. The lowest BCUT2D eigenvalue weighted by Gasteiger charge is -2.09. The highest BCUT2D eigenvalue weighted by atomic mass is 32.2. The molecule has 1 aliphatic carbocycles. The van der Waals surface area contributed by atoms with E-state index in [4.69, 9.17) is 4.74 Å². The van der Waals surface area contributed by atoms with Gasteiger partial charge in [0.2, 0.25) is 5.91 Å². The van der Waals surface area contributed by atoms with Crippen LogP contribution in [0.1, 0.15) is 53.4 Å². The second kappa shape index (κ2) is 10.6. The van der Waals surface area contributed by atoms with Crippen LogP contribution in [0.2, 0.25) is 0 Å². The van der Waals surface area contributed by atoms with E-state index in [0.717, 1.165) is 66.5 Å². The Morgan fingerprint density at radius 2 is 2.09 bits per heavy atom. The van der Waals surface area contributed by atoms with Crippen LogP contribution in [0.5, 0.6) is 0 Å². The molecule has 10 heteroatoms. The average molecular weight is 491 g/mol. The van der Waals surface area contributed by atoms with Crippen LogP contribution in [-0.4, -0.2) is 39.5 Å². The van der Waals surface area contributed by atoms with E-state index < -0.39 is 0 Å². The third-order valence-corrected chi connectivity index (χ3v) is 8.34. The summed E-state index contributed by atoms with van der Waals surface area (Å²) in [6, 6.07) is 4.02. The van der Waals surface area contributed by atoms with Gasteiger partial charge in [0.15, 0.2) is 11.0 Å². The molecule has 0 radical (unpaired) electrons. The minimum absolute atomic E-state index is 0.166. The third kappa shape index (κ3) is 4.92. The number of fused-ring (bicyclic) bond motifs is 1. The Morgan fingerprint density at radius 1 is 1.25 bits per heavy atom. The molecule has 0 aliphatic heterocycles. The number of aromatic nitrogens is 3. The molecule has 0 saturated heterocycles. The fraction of sp³-hybridized carbons (Fsp3) is 0.455. The number of carbonyl (C=O) groups excluding carboxylic acids is 2. The Balaban J connectivity index is 1.49. The lowest BCUT2D eigenvalue weighted by molar-refractivity contribution is -0.113. The van der Waals surface area contributed by atoms with Crippen LogP contribution in [0.25, 0.3) is 10.7 Å². The monoisotopic (exact) mass is 490 g/mol. The van der Waals surface area contributed by atoms with Crippen molar-refractivity contribution < 1.29 is 14.3 Å². The summed E-state index contributed by atoms with van der Waals surface area (Å²) in [5, 5.41) is 15.0. The molecule has 3 aromatic heterocycles. The molecule has 0 bridgehead atoms. The molecule has 0 aromatic carbocycles. The van der Waals surface area contributed by atoms with Crippen LogP contribution >= 0.6 is 34.4 Å². The number of nitrogens with one attached hydrogen (secondary N) is 1. The summed E-state index contributed by atoms with van der Waals surface area (Å²) in [6.45, 7) is 2.89. The number of amides is 1. The molecule has 0 unspecified atom stereocenters. The maximum atomic E-state index is 12.8. The van der Waals surface area contributed by atoms with Gasteiger partial charge in [0.05, 0.1) is 23.3 Å². The highest BCUT2D eigenvalue weighted by molar-refractivity contribution is 7.99.